The van der Waals surface area contributed by atoms with Crippen molar-refractivity contribution < 1.29 is 0 Å². The third kappa shape index (κ3) is 6.97. The number of aromatic nitrogens is 2. The summed E-state index contributed by atoms with van der Waals surface area (Å²) in [6.45, 7) is 10.2. The highest BCUT2D eigenvalue weighted by Crippen LogP contribution is 2.15. The largest absolute Gasteiger partial charge is 0.389 e. The Morgan fingerprint density at radius 2 is 2.05 bits per heavy atom. The SMILES string of the molecule is C=C(CCC)NCCCc1cnc(N)nc1NCCCC. The topological polar surface area (TPSA) is 75.9 Å². The molecule has 1 aromatic heterocycles. The molecule has 0 amide bonds. The van der Waals surface area contributed by atoms with Gasteiger partial charge in [-0.2, -0.15) is 4.98 Å². The van der Waals surface area contributed by atoms with Crippen molar-refractivity contribution in [2.45, 2.75) is 52.4 Å². The smallest absolute Gasteiger partial charge is 0.221 e. The molecule has 1 heterocycles. The highest BCUT2D eigenvalue weighted by Gasteiger charge is 2.05. The molecule has 0 radical (unpaired) electrons. The molecule has 0 aliphatic heterocycles. The lowest BCUT2D eigenvalue weighted by Crippen LogP contribution is -2.15. The normalized spacial score (nSPS) is 10.4. The van der Waals surface area contributed by atoms with Gasteiger partial charge in [0.15, 0.2) is 0 Å². The molecule has 0 aliphatic rings. The van der Waals surface area contributed by atoms with Crippen molar-refractivity contribution in [3.63, 3.8) is 0 Å². The van der Waals surface area contributed by atoms with Crippen LogP contribution in [0.3, 0.4) is 0 Å². The van der Waals surface area contributed by atoms with E-state index in [-0.39, 0.29) is 0 Å². The van der Waals surface area contributed by atoms with Crippen LogP contribution < -0.4 is 16.4 Å². The Hall–Kier alpha value is -1.78. The molecule has 5 nitrogen and oxygen atoms in total. The third-order valence-electron chi connectivity index (χ3n) is 3.26. The molecule has 0 saturated carbocycles. The quantitative estimate of drug-likeness (QED) is 0.546. The van der Waals surface area contributed by atoms with Gasteiger partial charge in [0.25, 0.3) is 0 Å². The average molecular weight is 291 g/mol. The van der Waals surface area contributed by atoms with Crippen molar-refractivity contribution in [3.05, 3.63) is 24.0 Å². The van der Waals surface area contributed by atoms with E-state index in [0.717, 1.165) is 68.7 Å². The maximum absolute atomic E-state index is 5.67. The van der Waals surface area contributed by atoms with Crippen LogP contribution in [0, 0.1) is 0 Å². The minimum absolute atomic E-state index is 0.326. The Kier molecular flexibility index (Phi) is 8.24. The van der Waals surface area contributed by atoms with Gasteiger partial charge in [-0.25, -0.2) is 4.98 Å². The lowest BCUT2D eigenvalue weighted by molar-refractivity contribution is 0.689. The summed E-state index contributed by atoms with van der Waals surface area (Å²) in [4.78, 5) is 8.41. The summed E-state index contributed by atoms with van der Waals surface area (Å²) in [6.07, 6.45) is 8.24. The van der Waals surface area contributed by atoms with E-state index < -0.39 is 0 Å². The molecule has 0 atom stereocenters. The lowest BCUT2D eigenvalue weighted by Gasteiger charge is -2.12. The highest BCUT2D eigenvalue weighted by atomic mass is 15.1. The zero-order valence-electron chi connectivity index (χ0n) is 13.4. The number of rotatable bonds is 11. The molecule has 4 N–H and O–H groups in total. The fourth-order valence-electron chi connectivity index (χ4n) is 2.07. The molecule has 118 valence electrons. The number of hydrogen-bond donors (Lipinski definition) is 3. The van der Waals surface area contributed by atoms with Gasteiger partial charge in [-0.15, -0.1) is 0 Å². The number of nitrogens with one attached hydrogen (secondary N) is 2. The van der Waals surface area contributed by atoms with Crippen molar-refractivity contribution in [1.29, 1.82) is 0 Å². The summed E-state index contributed by atoms with van der Waals surface area (Å²) in [5.74, 6) is 1.20. The van der Waals surface area contributed by atoms with E-state index in [0.29, 0.717) is 5.95 Å². The Labute approximate surface area is 128 Å². The van der Waals surface area contributed by atoms with Crippen molar-refractivity contribution in [3.8, 4) is 0 Å². The first-order chi connectivity index (χ1) is 10.2. The number of nitrogens with two attached hydrogens (primary N) is 1. The average Bonchev–Trinajstić information content (AvgIpc) is 2.46. The van der Waals surface area contributed by atoms with Gasteiger partial charge >= 0.3 is 0 Å². The number of hydrogen-bond acceptors (Lipinski definition) is 5. The van der Waals surface area contributed by atoms with Gasteiger partial charge in [-0.1, -0.05) is 33.3 Å². The second-order valence-electron chi connectivity index (χ2n) is 5.27. The highest BCUT2D eigenvalue weighted by molar-refractivity contribution is 5.46. The molecule has 0 aromatic carbocycles. The van der Waals surface area contributed by atoms with Crippen LogP contribution in [0.5, 0.6) is 0 Å². The summed E-state index contributed by atoms with van der Waals surface area (Å²) in [7, 11) is 0. The van der Waals surface area contributed by atoms with Crippen LogP contribution in [-0.4, -0.2) is 23.1 Å². The molecule has 5 heteroatoms. The maximum atomic E-state index is 5.67. The summed E-state index contributed by atoms with van der Waals surface area (Å²) in [5.41, 5.74) is 7.92. The molecule has 0 spiro atoms. The minimum Gasteiger partial charge on any atom is -0.389 e. The van der Waals surface area contributed by atoms with E-state index in [9.17, 15) is 0 Å². The van der Waals surface area contributed by atoms with E-state index in [1.54, 1.807) is 0 Å². The van der Waals surface area contributed by atoms with Crippen LogP contribution in [0.2, 0.25) is 0 Å². The van der Waals surface area contributed by atoms with Crippen molar-refractivity contribution >= 4 is 11.8 Å². The Morgan fingerprint density at radius 1 is 1.24 bits per heavy atom. The summed E-state index contributed by atoms with van der Waals surface area (Å²) in [6, 6.07) is 0. The number of unbranched alkanes of at least 4 members (excludes halogenated alkanes) is 1. The van der Waals surface area contributed by atoms with E-state index in [1.165, 1.54) is 0 Å². The molecule has 0 fully saturated rings. The van der Waals surface area contributed by atoms with Crippen LogP contribution >= 0.6 is 0 Å². The van der Waals surface area contributed by atoms with Gasteiger partial charge in [0.2, 0.25) is 5.95 Å². The zero-order chi connectivity index (χ0) is 15.5. The molecule has 21 heavy (non-hydrogen) atoms. The number of nitrogen functional groups attached to an aromatic ring is 1. The van der Waals surface area contributed by atoms with Crippen molar-refractivity contribution in [2.24, 2.45) is 0 Å². The predicted molar refractivity (Wildman–Crippen MR) is 90.2 cm³/mol. The monoisotopic (exact) mass is 291 g/mol. The second-order valence-corrected chi connectivity index (χ2v) is 5.27. The van der Waals surface area contributed by atoms with Gasteiger partial charge < -0.3 is 16.4 Å². The van der Waals surface area contributed by atoms with Gasteiger partial charge in [-0.05, 0) is 25.7 Å². The lowest BCUT2D eigenvalue weighted by atomic mass is 10.1. The molecule has 0 unspecified atom stereocenters. The van der Waals surface area contributed by atoms with E-state index >= 15 is 0 Å². The zero-order valence-corrected chi connectivity index (χ0v) is 13.4. The van der Waals surface area contributed by atoms with E-state index in [1.807, 2.05) is 6.20 Å². The molecule has 1 aromatic rings. The van der Waals surface area contributed by atoms with E-state index in [2.05, 4.69) is 41.0 Å². The number of aryl methyl sites for hydroxylation is 1. The number of allylic oxidation sites excluding steroid dienone is 1. The Balaban J connectivity index is 2.44. The van der Waals surface area contributed by atoms with Crippen molar-refractivity contribution in [2.75, 3.05) is 24.1 Å². The molecule has 0 saturated heterocycles. The van der Waals surface area contributed by atoms with E-state index in [4.69, 9.17) is 5.73 Å². The number of anilines is 2. The van der Waals surface area contributed by atoms with Crippen LogP contribution in [0.25, 0.3) is 0 Å². The fourth-order valence-corrected chi connectivity index (χ4v) is 2.07. The predicted octanol–water partition coefficient (Wildman–Crippen LogP) is 3.11. The molecular weight excluding hydrogens is 262 g/mol. The third-order valence-corrected chi connectivity index (χ3v) is 3.26. The van der Waals surface area contributed by atoms with Crippen LogP contribution in [0.1, 0.15) is 51.5 Å². The van der Waals surface area contributed by atoms with Gasteiger partial charge in [0.1, 0.15) is 5.82 Å². The Bertz CT molecular complexity index is 431. The fraction of sp³-hybridized carbons (Fsp3) is 0.625. The first kappa shape index (κ1) is 17.3. The molecular formula is C16H29N5. The van der Waals surface area contributed by atoms with Crippen LogP contribution in [0.4, 0.5) is 11.8 Å². The number of nitrogens with zero attached hydrogens (tertiary/aromatic N) is 2. The molecule has 0 bridgehead atoms. The summed E-state index contributed by atoms with van der Waals surface area (Å²) >= 11 is 0. The summed E-state index contributed by atoms with van der Waals surface area (Å²) < 4.78 is 0. The van der Waals surface area contributed by atoms with Gasteiger partial charge in [-0.3, -0.25) is 0 Å². The van der Waals surface area contributed by atoms with Gasteiger partial charge in [0.05, 0.1) is 0 Å². The first-order valence-corrected chi connectivity index (χ1v) is 7.94. The van der Waals surface area contributed by atoms with Crippen LogP contribution in [0.15, 0.2) is 18.5 Å². The minimum atomic E-state index is 0.326. The first-order valence-electron chi connectivity index (χ1n) is 7.94. The summed E-state index contributed by atoms with van der Waals surface area (Å²) in [5, 5.41) is 6.71. The maximum Gasteiger partial charge on any atom is 0.221 e. The van der Waals surface area contributed by atoms with Crippen molar-refractivity contribution in [1.82, 2.24) is 15.3 Å². The second kappa shape index (κ2) is 10.0. The molecule has 0 aliphatic carbocycles. The van der Waals surface area contributed by atoms with Gasteiger partial charge in [0, 0.05) is 30.5 Å². The Morgan fingerprint density at radius 3 is 2.76 bits per heavy atom. The van der Waals surface area contributed by atoms with Crippen LogP contribution in [-0.2, 0) is 6.42 Å². The molecule has 1 rings (SSSR count). The standard InChI is InChI=1S/C16H29N5/c1-4-6-10-19-15-14(12-20-16(17)21-15)9-7-11-18-13(3)8-5-2/h12,18H,3-11H2,1-2H3,(H3,17,19,20,21).